The number of benzene rings is 2. The molecule has 2 amide bonds. The average Bonchev–Trinajstić information content (AvgIpc) is 2.85. The number of anilines is 1. The summed E-state index contributed by atoms with van der Waals surface area (Å²) in [5, 5.41) is 3.03. The van der Waals surface area contributed by atoms with Crippen molar-refractivity contribution < 1.29 is 19.1 Å². The second-order valence-corrected chi connectivity index (χ2v) is 8.45. The molecule has 0 bridgehead atoms. The first-order chi connectivity index (χ1) is 16.9. The largest absolute Gasteiger partial charge is 0.486 e. The molecule has 2 heterocycles. The highest BCUT2D eigenvalue weighted by Crippen LogP contribution is 2.35. The number of carbonyl (C=O) groups excluding carboxylic acids is 2. The van der Waals surface area contributed by atoms with Crippen LogP contribution < -0.4 is 20.5 Å². The maximum absolute atomic E-state index is 13.9. The first-order valence-corrected chi connectivity index (χ1v) is 11.6. The maximum atomic E-state index is 13.9. The van der Waals surface area contributed by atoms with E-state index in [0.717, 1.165) is 11.1 Å². The van der Waals surface area contributed by atoms with Crippen LogP contribution in [0.25, 0.3) is 0 Å². The van der Waals surface area contributed by atoms with Crippen molar-refractivity contribution in [3.63, 3.8) is 0 Å². The van der Waals surface area contributed by atoms with Crippen molar-refractivity contribution in [2.45, 2.75) is 26.4 Å². The minimum absolute atomic E-state index is 0.0338. The first-order valence-electron chi connectivity index (χ1n) is 11.2. The second kappa shape index (κ2) is 10.6. The Balaban J connectivity index is 1.79. The molecule has 3 N–H and O–H groups in total. The molecule has 1 aliphatic rings. The number of amides is 2. The standard InChI is InChI=1S/C25H26ClN5O4/c1-3-28-25-29-13-18(26)21(30-25)24(33)31(14-16-6-4-15(2)5-7-16)22(23(27)32)17-8-9-19-20(12-17)35-11-10-34-19/h4-9,12-13,22H,3,10-11,14H2,1-2H3,(H2,27,32)(H,28,29,30). The second-order valence-electron chi connectivity index (χ2n) is 8.05. The zero-order chi connectivity index (χ0) is 24.9. The van der Waals surface area contributed by atoms with Crippen molar-refractivity contribution in [2.24, 2.45) is 5.73 Å². The quantitative estimate of drug-likeness (QED) is 0.490. The van der Waals surface area contributed by atoms with Crippen molar-refractivity contribution in [1.82, 2.24) is 14.9 Å². The molecule has 0 spiro atoms. The lowest BCUT2D eigenvalue weighted by molar-refractivity contribution is -0.122. The SMILES string of the molecule is CCNc1ncc(Cl)c(C(=O)N(Cc2ccc(C)cc2)C(C(N)=O)c2ccc3c(c2)OCCO3)n1. The van der Waals surface area contributed by atoms with Gasteiger partial charge in [-0.3, -0.25) is 9.59 Å². The van der Waals surface area contributed by atoms with Crippen LogP contribution in [-0.2, 0) is 11.3 Å². The van der Waals surface area contributed by atoms with Gasteiger partial charge >= 0.3 is 0 Å². The molecule has 1 aliphatic heterocycles. The van der Waals surface area contributed by atoms with Crippen LogP contribution in [0.4, 0.5) is 5.95 Å². The summed E-state index contributed by atoms with van der Waals surface area (Å²) in [6.07, 6.45) is 1.35. The van der Waals surface area contributed by atoms with Crippen molar-refractivity contribution >= 4 is 29.4 Å². The molecular weight excluding hydrogens is 470 g/mol. The molecule has 1 aromatic heterocycles. The molecule has 0 saturated carbocycles. The molecular formula is C25H26ClN5O4. The Hall–Kier alpha value is -3.85. The van der Waals surface area contributed by atoms with E-state index < -0.39 is 17.9 Å². The van der Waals surface area contributed by atoms with Crippen LogP contribution in [0.1, 0.15) is 40.1 Å². The molecule has 0 fully saturated rings. The molecule has 4 rings (SSSR count). The van der Waals surface area contributed by atoms with Crippen molar-refractivity contribution in [2.75, 3.05) is 25.1 Å². The number of fused-ring (bicyclic) bond motifs is 1. The number of aryl methyl sites for hydroxylation is 1. The Labute approximate surface area is 208 Å². The van der Waals surface area contributed by atoms with Gasteiger partial charge in [-0.15, -0.1) is 0 Å². The van der Waals surface area contributed by atoms with E-state index >= 15 is 0 Å². The Morgan fingerprint density at radius 3 is 2.54 bits per heavy atom. The number of ether oxygens (including phenoxy) is 2. The molecule has 182 valence electrons. The normalized spacial score (nSPS) is 13.1. The zero-order valence-corrected chi connectivity index (χ0v) is 20.2. The molecule has 9 nitrogen and oxygen atoms in total. The van der Waals surface area contributed by atoms with E-state index in [1.165, 1.54) is 11.1 Å². The van der Waals surface area contributed by atoms with Gasteiger partial charge in [0.15, 0.2) is 17.2 Å². The summed E-state index contributed by atoms with van der Waals surface area (Å²) < 4.78 is 11.3. The molecule has 10 heteroatoms. The minimum Gasteiger partial charge on any atom is -0.486 e. The van der Waals surface area contributed by atoms with Gasteiger partial charge in [-0.05, 0) is 37.1 Å². The molecule has 35 heavy (non-hydrogen) atoms. The van der Waals surface area contributed by atoms with Crippen LogP contribution in [0.5, 0.6) is 11.5 Å². The Morgan fingerprint density at radius 2 is 1.86 bits per heavy atom. The van der Waals surface area contributed by atoms with Crippen LogP contribution in [0, 0.1) is 6.92 Å². The Bertz CT molecular complexity index is 1240. The van der Waals surface area contributed by atoms with Gasteiger partial charge in [-0.1, -0.05) is 47.5 Å². The number of nitrogens with zero attached hydrogens (tertiary/aromatic N) is 3. The van der Waals surface area contributed by atoms with E-state index in [4.69, 9.17) is 26.8 Å². The number of hydrogen-bond donors (Lipinski definition) is 2. The predicted octanol–water partition coefficient (Wildman–Crippen LogP) is 3.51. The number of carbonyl (C=O) groups is 2. The van der Waals surface area contributed by atoms with Gasteiger partial charge in [0.2, 0.25) is 11.9 Å². The number of aromatic nitrogens is 2. The summed E-state index contributed by atoms with van der Waals surface area (Å²) >= 11 is 6.33. The van der Waals surface area contributed by atoms with Gasteiger partial charge in [0.05, 0.1) is 11.2 Å². The maximum Gasteiger partial charge on any atom is 0.275 e. The van der Waals surface area contributed by atoms with E-state index in [2.05, 4.69) is 15.3 Å². The number of hydrogen-bond acceptors (Lipinski definition) is 7. The average molecular weight is 496 g/mol. The summed E-state index contributed by atoms with van der Waals surface area (Å²) in [5.41, 5.74) is 8.20. The molecule has 0 radical (unpaired) electrons. The number of nitrogens with one attached hydrogen (secondary N) is 1. The van der Waals surface area contributed by atoms with Crippen molar-refractivity contribution in [3.05, 3.63) is 76.1 Å². The lowest BCUT2D eigenvalue weighted by Gasteiger charge is -2.31. The number of primary amides is 1. The lowest BCUT2D eigenvalue weighted by Crippen LogP contribution is -2.42. The predicted molar refractivity (Wildman–Crippen MR) is 132 cm³/mol. The highest BCUT2D eigenvalue weighted by atomic mass is 35.5. The topological polar surface area (TPSA) is 120 Å². The summed E-state index contributed by atoms with van der Waals surface area (Å²) in [4.78, 5) is 36.5. The summed E-state index contributed by atoms with van der Waals surface area (Å²) in [7, 11) is 0. The fourth-order valence-electron chi connectivity index (χ4n) is 3.79. The van der Waals surface area contributed by atoms with E-state index in [0.29, 0.717) is 36.8 Å². The van der Waals surface area contributed by atoms with Gasteiger partial charge in [0.1, 0.15) is 19.3 Å². The fourth-order valence-corrected chi connectivity index (χ4v) is 3.97. The first kappa shape index (κ1) is 24.3. The van der Waals surface area contributed by atoms with E-state index in [1.54, 1.807) is 18.2 Å². The molecule has 1 atom stereocenters. The number of nitrogens with two attached hydrogens (primary N) is 1. The minimum atomic E-state index is -1.12. The van der Waals surface area contributed by atoms with Crippen LogP contribution in [0.2, 0.25) is 5.02 Å². The summed E-state index contributed by atoms with van der Waals surface area (Å²) in [6.45, 7) is 5.32. The Kier molecular flexibility index (Phi) is 7.36. The van der Waals surface area contributed by atoms with Gasteiger partial charge in [-0.25, -0.2) is 9.97 Å². The zero-order valence-electron chi connectivity index (χ0n) is 19.5. The molecule has 2 aromatic carbocycles. The smallest absolute Gasteiger partial charge is 0.275 e. The van der Waals surface area contributed by atoms with E-state index in [-0.39, 0.29) is 23.2 Å². The molecule has 3 aromatic rings. The van der Waals surface area contributed by atoms with Crippen molar-refractivity contribution in [1.29, 1.82) is 0 Å². The van der Waals surface area contributed by atoms with E-state index in [1.807, 2.05) is 38.1 Å². The van der Waals surface area contributed by atoms with Gasteiger partial charge < -0.3 is 25.4 Å². The molecule has 0 aliphatic carbocycles. The van der Waals surface area contributed by atoms with Gasteiger partial charge in [0.25, 0.3) is 5.91 Å². The molecule has 1 unspecified atom stereocenters. The molecule has 0 saturated heterocycles. The fraction of sp³-hybridized carbons (Fsp3) is 0.280. The van der Waals surface area contributed by atoms with Crippen LogP contribution >= 0.6 is 11.6 Å². The third kappa shape index (κ3) is 5.46. The van der Waals surface area contributed by atoms with Crippen LogP contribution in [-0.4, -0.2) is 46.4 Å². The van der Waals surface area contributed by atoms with E-state index in [9.17, 15) is 9.59 Å². The van der Waals surface area contributed by atoms with Crippen LogP contribution in [0.3, 0.4) is 0 Å². The Morgan fingerprint density at radius 1 is 1.14 bits per heavy atom. The monoisotopic (exact) mass is 495 g/mol. The van der Waals surface area contributed by atoms with Crippen molar-refractivity contribution in [3.8, 4) is 11.5 Å². The highest BCUT2D eigenvalue weighted by molar-refractivity contribution is 6.33. The van der Waals surface area contributed by atoms with Gasteiger partial charge in [-0.2, -0.15) is 0 Å². The summed E-state index contributed by atoms with van der Waals surface area (Å²) in [6, 6.07) is 11.6. The highest BCUT2D eigenvalue weighted by Gasteiger charge is 2.33. The van der Waals surface area contributed by atoms with Gasteiger partial charge in [0, 0.05) is 13.1 Å². The summed E-state index contributed by atoms with van der Waals surface area (Å²) in [5.74, 6) is 0.0338. The van der Waals surface area contributed by atoms with Crippen LogP contribution in [0.15, 0.2) is 48.7 Å². The number of halogens is 1. The number of rotatable bonds is 8. The lowest BCUT2D eigenvalue weighted by atomic mass is 10.0. The third-order valence-electron chi connectivity index (χ3n) is 5.48. The third-order valence-corrected chi connectivity index (χ3v) is 5.76.